The van der Waals surface area contributed by atoms with Crippen LogP contribution in [0.5, 0.6) is 5.75 Å². The normalized spacial score (nSPS) is 12.3. The second kappa shape index (κ2) is 12.4. The van der Waals surface area contributed by atoms with E-state index in [-0.39, 0.29) is 0 Å². The van der Waals surface area contributed by atoms with E-state index in [1.807, 2.05) is 12.1 Å². The van der Waals surface area contributed by atoms with Gasteiger partial charge in [-0.25, -0.2) is 0 Å². The molecule has 4 heteroatoms. The molecule has 0 aromatic heterocycles. The lowest BCUT2D eigenvalue weighted by Crippen LogP contribution is -2.22. The zero-order chi connectivity index (χ0) is 16.0. The third-order valence-electron chi connectivity index (χ3n) is 3.67. The first-order chi connectivity index (χ1) is 10.8. The second-order valence-electron chi connectivity index (χ2n) is 5.40. The molecule has 0 unspecified atom stereocenters. The van der Waals surface area contributed by atoms with E-state index >= 15 is 0 Å². The molecule has 1 N–H and O–H groups in total. The molecule has 0 saturated heterocycles. The Hall–Kier alpha value is -1.10. The van der Waals surface area contributed by atoms with Gasteiger partial charge in [-0.3, -0.25) is 0 Å². The number of methoxy groups -OCH3 is 1. The predicted octanol–water partition coefficient (Wildman–Crippen LogP) is 3.22. The molecule has 0 radical (unpaired) electrons. The van der Waals surface area contributed by atoms with Crippen LogP contribution in [0, 0.1) is 0 Å². The molecular weight excluding hydrogens is 278 g/mol. The van der Waals surface area contributed by atoms with Crippen LogP contribution in [0.4, 0.5) is 0 Å². The summed E-state index contributed by atoms with van der Waals surface area (Å²) in [6.45, 7) is 8.99. The lowest BCUT2D eigenvalue weighted by Gasteiger charge is -2.15. The molecule has 1 atom stereocenters. The summed E-state index contributed by atoms with van der Waals surface area (Å²) in [4.78, 5) is 0. The van der Waals surface area contributed by atoms with Gasteiger partial charge in [0.2, 0.25) is 0 Å². The van der Waals surface area contributed by atoms with E-state index in [1.54, 1.807) is 7.11 Å². The summed E-state index contributed by atoms with van der Waals surface area (Å²) >= 11 is 0. The number of para-hydroxylation sites is 1. The van der Waals surface area contributed by atoms with Crippen molar-refractivity contribution in [3.63, 3.8) is 0 Å². The van der Waals surface area contributed by atoms with E-state index in [2.05, 4.69) is 31.3 Å². The maximum Gasteiger partial charge on any atom is 0.122 e. The van der Waals surface area contributed by atoms with Crippen LogP contribution >= 0.6 is 0 Å². The Morgan fingerprint density at radius 2 is 1.86 bits per heavy atom. The minimum absolute atomic E-state index is 0.522. The second-order valence-corrected chi connectivity index (χ2v) is 5.40. The van der Waals surface area contributed by atoms with E-state index < -0.39 is 0 Å². The Morgan fingerprint density at radius 1 is 1.05 bits per heavy atom. The van der Waals surface area contributed by atoms with Crippen LogP contribution < -0.4 is 10.1 Å². The van der Waals surface area contributed by atoms with Crippen molar-refractivity contribution >= 4 is 0 Å². The largest absolute Gasteiger partial charge is 0.491 e. The average Bonchev–Trinajstić information content (AvgIpc) is 2.56. The van der Waals surface area contributed by atoms with Gasteiger partial charge in [0.15, 0.2) is 0 Å². The van der Waals surface area contributed by atoms with Gasteiger partial charge in [0.05, 0.1) is 13.2 Å². The Morgan fingerprint density at radius 3 is 2.64 bits per heavy atom. The van der Waals surface area contributed by atoms with Gasteiger partial charge in [-0.2, -0.15) is 0 Å². The molecule has 0 amide bonds. The Labute approximate surface area is 135 Å². The highest BCUT2D eigenvalue weighted by atomic mass is 16.5. The molecule has 0 saturated carbocycles. The van der Waals surface area contributed by atoms with E-state index in [4.69, 9.17) is 14.2 Å². The maximum atomic E-state index is 5.86. The fraction of sp³-hybridized carbons (Fsp3) is 0.667. The molecule has 0 aliphatic heterocycles. The highest BCUT2D eigenvalue weighted by Crippen LogP contribution is 2.28. The Bertz CT molecular complexity index is 384. The van der Waals surface area contributed by atoms with Crippen molar-refractivity contribution in [2.24, 2.45) is 0 Å². The number of ether oxygens (including phenoxy) is 3. The third-order valence-corrected chi connectivity index (χ3v) is 3.67. The van der Waals surface area contributed by atoms with Crippen molar-refractivity contribution in [2.75, 3.05) is 46.6 Å². The lowest BCUT2D eigenvalue weighted by atomic mass is 9.98. The molecule has 0 heterocycles. The molecule has 1 rings (SSSR count). The van der Waals surface area contributed by atoms with Crippen LogP contribution in [0.1, 0.15) is 38.2 Å². The zero-order valence-electron chi connectivity index (χ0n) is 14.3. The van der Waals surface area contributed by atoms with Crippen LogP contribution in [-0.2, 0) is 9.47 Å². The molecule has 0 aliphatic rings. The maximum absolute atomic E-state index is 5.86. The average molecular weight is 309 g/mol. The number of hydrogen-bond donors (Lipinski definition) is 1. The standard InChI is InChI=1S/C18H31NO3/c1-4-16(2)17-8-5-6-9-18(17)22-15-14-21-13-11-19-10-7-12-20-3/h5-6,8-9,16,19H,4,7,10-15H2,1-3H3/t16-/m1/s1. The molecule has 1 aromatic carbocycles. The molecule has 0 fully saturated rings. The van der Waals surface area contributed by atoms with Gasteiger partial charge in [0.1, 0.15) is 12.4 Å². The van der Waals surface area contributed by atoms with Crippen LogP contribution in [0.25, 0.3) is 0 Å². The first-order valence-electron chi connectivity index (χ1n) is 8.28. The van der Waals surface area contributed by atoms with Crippen LogP contribution in [0.15, 0.2) is 24.3 Å². The first-order valence-corrected chi connectivity index (χ1v) is 8.28. The molecule has 0 bridgehead atoms. The summed E-state index contributed by atoms with van der Waals surface area (Å²) in [5.41, 5.74) is 1.28. The van der Waals surface area contributed by atoms with Crippen molar-refractivity contribution in [2.45, 2.75) is 32.6 Å². The molecule has 0 spiro atoms. The summed E-state index contributed by atoms with van der Waals surface area (Å²) < 4.78 is 16.4. The fourth-order valence-electron chi connectivity index (χ4n) is 2.16. The Kier molecular flexibility index (Phi) is 10.7. The highest BCUT2D eigenvalue weighted by Gasteiger charge is 2.08. The summed E-state index contributed by atoms with van der Waals surface area (Å²) in [6, 6.07) is 8.28. The number of hydrogen-bond acceptors (Lipinski definition) is 4. The minimum atomic E-state index is 0.522. The third kappa shape index (κ3) is 7.78. The molecule has 4 nitrogen and oxygen atoms in total. The van der Waals surface area contributed by atoms with E-state index in [0.717, 1.165) is 38.3 Å². The lowest BCUT2D eigenvalue weighted by molar-refractivity contribution is 0.101. The summed E-state index contributed by atoms with van der Waals surface area (Å²) in [5, 5.41) is 3.31. The Balaban J connectivity index is 2.10. The monoisotopic (exact) mass is 309 g/mol. The van der Waals surface area contributed by atoms with Crippen molar-refractivity contribution < 1.29 is 14.2 Å². The van der Waals surface area contributed by atoms with E-state index in [1.165, 1.54) is 5.56 Å². The summed E-state index contributed by atoms with van der Waals surface area (Å²) in [6.07, 6.45) is 2.15. The highest BCUT2D eigenvalue weighted by molar-refractivity contribution is 5.35. The van der Waals surface area contributed by atoms with E-state index in [0.29, 0.717) is 25.7 Å². The quantitative estimate of drug-likeness (QED) is 0.568. The summed E-state index contributed by atoms with van der Waals surface area (Å²) in [5.74, 6) is 1.51. The van der Waals surface area contributed by atoms with Gasteiger partial charge >= 0.3 is 0 Å². The van der Waals surface area contributed by atoms with E-state index in [9.17, 15) is 0 Å². The van der Waals surface area contributed by atoms with Gasteiger partial charge in [-0.1, -0.05) is 32.0 Å². The molecule has 126 valence electrons. The van der Waals surface area contributed by atoms with Crippen LogP contribution in [-0.4, -0.2) is 46.6 Å². The van der Waals surface area contributed by atoms with Crippen LogP contribution in [0.2, 0.25) is 0 Å². The number of benzene rings is 1. The molecular formula is C18H31NO3. The summed E-state index contributed by atoms with van der Waals surface area (Å²) in [7, 11) is 1.72. The molecule has 0 aliphatic carbocycles. The topological polar surface area (TPSA) is 39.7 Å². The van der Waals surface area contributed by atoms with Crippen molar-refractivity contribution in [3.05, 3.63) is 29.8 Å². The first kappa shape index (κ1) is 18.9. The molecule has 1 aromatic rings. The SMILES string of the molecule is CC[C@@H](C)c1ccccc1OCCOCCNCCCOC. The molecule has 22 heavy (non-hydrogen) atoms. The fourth-order valence-corrected chi connectivity index (χ4v) is 2.16. The van der Waals surface area contributed by atoms with Crippen molar-refractivity contribution in [1.29, 1.82) is 0 Å². The van der Waals surface area contributed by atoms with Crippen molar-refractivity contribution in [1.82, 2.24) is 5.32 Å². The number of rotatable bonds is 13. The van der Waals surface area contributed by atoms with Gasteiger partial charge in [0.25, 0.3) is 0 Å². The van der Waals surface area contributed by atoms with Crippen LogP contribution in [0.3, 0.4) is 0 Å². The van der Waals surface area contributed by atoms with Gasteiger partial charge in [-0.15, -0.1) is 0 Å². The van der Waals surface area contributed by atoms with Gasteiger partial charge < -0.3 is 19.5 Å². The smallest absolute Gasteiger partial charge is 0.122 e. The minimum Gasteiger partial charge on any atom is -0.491 e. The van der Waals surface area contributed by atoms with Gasteiger partial charge in [0, 0.05) is 20.3 Å². The van der Waals surface area contributed by atoms with Gasteiger partial charge in [-0.05, 0) is 36.9 Å². The van der Waals surface area contributed by atoms with Crippen molar-refractivity contribution in [3.8, 4) is 5.75 Å². The zero-order valence-corrected chi connectivity index (χ0v) is 14.3. The number of nitrogens with one attached hydrogen (secondary N) is 1. The predicted molar refractivity (Wildman–Crippen MR) is 90.8 cm³/mol.